The molecule has 0 heterocycles. The first-order chi connectivity index (χ1) is 6.88. The zero-order valence-electron chi connectivity index (χ0n) is 8.13. The summed E-state index contributed by atoms with van der Waals surface area (Å²) < 4.78 is 41.1. The maximum absolute atomic E-state index is 12.3. The summed E-state index contributed by atoms with van der Waals surface area (Å²) in [7, 11) is 1.02. The number of nitrogens with zero attached hydrogens (tertiary/aromatic N) is 2. The Bertz CT molecular complexity index is 296. The van der Waals surface area contributed by atoms with Gasteiger partial charge in [0.2, 0.25) is 0 Å². The van der Waals surface area contributed by atoms with Gasteiger partial charge in [-0.15, -0.1) is 0 Å². The molecule has 0 aromatic rings. The van der Waals surface area contributed by atoms with Crippen molar-refractivity contribution in [2.75, 3.05) is 13.7 Å². The van der Waals surface area contributed by atoms with E-state index in [0.717, 1.165) is 7.05 Å². The van der Waals surface area contributed by atoms with Crippen LogP contribution in [0.25, 0.3) is 0 Å². The topological polar surface area (TPSA) is 77.0 Å². The summed E-state index contributed by atoms with van der Waals surface area (Å²) in [6.07, 6.45) is -4.84. The molecular formula is C7H10F3N3O2. The lowest BCUT2D eigenvalue weighted by Gasteiger charge is -2.10. The van der Waals surface area contributed by atoms with Crippen molar-refractivity contribution in [2.24, 2.45) is 15.9 Å². The van der Waals surface area contributed by atoms with Gasteiger partial charge in [-0.25, -0.2) is 4.79 Å². The molecule has 0 aliphatic heterocycles. The first-order valence-electron chi connectivity index (χ1n) is 3.87. The second-order valence-electron chi connectivity index (χ2n) is 2.27. The summed E-state index contributed by atoms with van der Waals surface area (Å²) in [5.41, 5.74) is -2.49. The van der Waals surface area contributed by atoms with Crippen molar-refractivity contribution >= 4 is 17.4 Å². The molecule has 0 atom stereocenters. The lowest BCUT2D eigenvalue weighted by molar-refractivity contribution is -0.135. The summed E-state index contributed by atoms with van der Waals surface area (Å²) in [5, 5.41) is 2.49. The molecule has 0 rings (SSSR count). The number of carbonyl (C=O) groups excluding carboxylic acids is 1. The smallest absolute Gasteiger partial charge is 0.437 e. The van der Waals surface area contributed by atoms with Crippen LogP contribution in [0.5, 0.6) is 0 Å². The van der Waals surface area contributed by atoms with Crippen molar-refractivity contribution < 1.29 is 22.7 Å². The first-order valence-corrected chi connectivity index (χ1v) is 3.87. The standard InChI is InChI=1S/C7H10F3N3O2/c1-3-15-6(14)4(12-2)5(13-11)7(8,9)10/h3,11H2,1-2H3/b12-4?,13-5+. The van der Waals surface area contributed by atoms with Gasteiger partial charge in [-0.05, 0) is 6.92 Å². The van der Waals surface area contributed by atoms with Gasteiger partial charge in [0, 0.05) is 7.05 Å². The zero-order chi connectivity index (χ0) is 12.1. The SMILES string of the molecule is CCOC(=O)C(=NC)/C(=N\N)C(F)(F)F. The van der Waals surface area contributed by atoms with E-state index in [1.807, 2.05) is 0 Å². The Labute approximate surface area is 83.8 Å². The Morgan fingerprint density at radius 3 is 2.27 bits per heavy atom. The third-order valence-corrected chi connectivity index (χ3v) is 1.31. The van der Waals surface area contributed by atoms with Crippen molar-refractivity contribution in [3.8, 4) is 0 Å². The number of hydrogen-bond donors (Lipinski definition) is 1. The Balaban J connectivity index is 5.07. The van der Waals surface area contributed by atoms with Crippen LogP contribution >= 0.6 is 0 Å². The van der Waals surface area contributed by atoms with Crippen LogP contribution in [0, 0.1) is 0 Å². The number of hydrogen-bond acceptors (Lipinski definition) is 5. The van der Waals surface area contributed by atoms with Gasteiger partial charge in [0.15, 0.2) is 11.4 Å². The molecule has 0 saturated carbocycles. The lowest BCUT2D eigenvalue weighted by Crippen LogP contribution is -2.38. The fraction of sp³-hybridized carbons (Fsp3) is 0.571. The van der Waals surface area contributed by atoms with E-state index in [-0.39, 0.29) is 6.61 Å². The van der Waals surface area contributed by atoms with Gasteiger partial charge >= 0.3 is 12.1 Å². The van der Waals surface area contributed by atoms with Crippen molar-refractivity contribution in [3.05, 3.63) is 0 Å². The van der Waals surface area contributed by atoms with Crippen LogP contribution in [0.1, 0.15) is 6.92 Å². The number of nitrogens with two attached hydrogens (primary N) is 1. The maximum atomic E-state index is 12.3. The normalized spacial score (nSPS) is 13.9. The van der Waals surface area contributed by atoms with Gasteiger partial charge in [0.1, 0.15) is 0 Å². The lowest BCUT2D eigenvalue weighted by atomic mass is 10.2. The van der Waals surface area contributed by atoms with Crippen molar-refractivity contribution in [1.29, 1.82) is 0 Å². The highest BCUT2D eigenvalue weighted by Crippen LogP contribution is 2.18. The molecule has 0 fully saturated rings. The number of halogens is 3. The van der Waals surface area contributed by atoms with Crippen molar-refractivity contribution in [2.45, 2.75) is 13.1 Å². The highest BCUT2D eigenvalue weighted by Gasteiger charge is 2.42. The molecular weight excluding hydrogens is 215 g/mol. The van der Waals surface area contributed by atoms with E-state index in [9.17, 15) is 18.0 Å². The monoisotopic (exact) mass is 225 g/mol. The molecule has 86 valence electrons. The summed E-state index contributed by atoms with van der Waals surface area (Å²) in [5.74, 6) is 3.34. The average molecular weight is 225 g/mol. The molecule has 0 amide bonds. The van der Waals surface area contributed by atoms with E-state index >= 15 is 0 Å². The number of esters is 1. The highest BCUT2D eigenvalue weighted by atomic mass is 19.4. The minimum Gasteiger partial charge on any atom is -0.461 e. The van der Waals surface area contributed by atoms with Crippen LogP contribution < -0.4 is 5.84 Å². The quantitative estimate of drug-likeness (QED) is 0.329. The Hall–Kier alpha value is -1.60. The molecule has 0 bridgehead atoms. The number of ether oxygens (including phenoxy) is 1. The third-order valence-electron chi connectivity index (χ3n) is 1.31. The van der Waals surface area contributed by atoms with Crippen LogP contribution in [0.15, 0.2) is 10.1 Å². The third kappa shape index (κ3) is 3.56. The van der Waals surface area contributed by atoms with Crippen LogP contribution in [0.4, 0.5) is 13.2 Å². The van der Waals surface area contributed by atoms with Crippen LogP contribution in [0.3, 0.4) is 0 Å². The Morgan fingerprint density at radius 1 is 1.47 bits per heavy atom. The first kappa shape index (κ1) is 13.4. The maximum Gasteiger partial charge on any atom is 0.437 e. The molecule has 2 N–H and O–H groups in total. The second kappa shape index (κ2) is 5.32. The predicted molar refractivity (Wildman–Crippen MR) is 47.7 cm³/mol. The number of hydrazone groups is 1. The summed E-state index contributed by atoms with van der Waals surface area (Å²) in [6, 6.07) is 0. The molecule has 0 spiro atoms. The van der Waals surface area contributed by atoms with Crippen LogP contribution in [-0.4, -0.2) is 37.2 Å². The molecule has 0 aliphatic rings. The molecule has 0 unspecified atom stereocenters. The number of aliphatic imine (C=N–C) groups is 1. The summed E-state index contributed by atoms with van der Waals surface area (Å²) >= 11 is 0. The molecule has 15 heavy (non-hydrogen) atoms. The summed E-state index contributed by atoms with van der Waals surface area (Å²) in [6.45, 7) is 1.39. The minimum atomic E-state index is -4.84. The van der Waals surface area contributed by atoms with E-state index in [2.05, 4.69) is 20.7 Å². The fourth-order valence-corrected chi connectivity index (χ4v) is 0.762. The molecule has 5 nitrogen and oxygen atoms in total. The van der Waals surface area contributed by atoms with Gasteiger partial charge in [-0.1, -0.05) is 0 Å². The van der Waals surface area contributed by atoms with Gasteiger partial charge in [0.25, 0.3) is 0 Å². The Kier molecular flexibility index (Phi) is 4.75. The molecule has 8 heteroatoms. The van der Waals surface area contributed by atoms with E-state index in [1.165, 1.54) is 6.92 Å². The van der Waals surface area contributed by atoms with Gasteiger partial charge < -0.3 is 10.6 Å². The highest BCUT2D eigenvalue weighted by molar-refractivity contribution is 6.66. The molecule has 0 radical (unpaired) electrons. The second-order valence-corrected chi connectivity index (χ2v) is 2.27. The van der Waals surface area contributed by atoms with Gasteiger partial charge in [-0.2, -0.15) is 18.3 Å². The van der Waals surface area contributed by atoms with E-state index in [0.29, 0.717) is 0 Å². The predicted octanol–water partition coefficient (Wildman–Crippen LogP) is 0.497. The van der Waals surface area contributed by atoms with Crippen LogP contribution in [-0.2, 0) is 9.53 Å². The average Bonchev–Trinajstić information content (AvgIpc) is 2.11. The fourth-order valence-electron chi connectivity index (χ4n) is 0.762. The van der Waals surface area contributed by atoms with Crippen molar-refractivity contribution in [1.82, 2.24) is 0 Å². The van der Waals surface area contributed by atoms with Crippen molar-refractivity contribution in [3.63, 3.8) is 0 Å². The minimum absolute atomic E-state index is 0.0619. The van der Waals surface area contributed by atoms with E-state index < -0.39 is 23.6 Å². The zero-order valence-corrected chi connectivity index (χ0v) is 8.13. The molecule has 0 aromatic carbocycles. The molecule has 0 aromatic heterocycles. The summed E-state index contributed by atoms with van der Waals surface area (Å²) in [4.78, 5) is 14.2. The number of rotatable bonds is 3. The van der Waals surface area contributed by atoms with Gasteiger partial charge in [0.05, 0.1) is 6.61 Å². The van der Waals surface area contributed by atoms with Gasteiger partial charge in [-0.3, -0.25) is 4.99 Å². The van der Waals surface area contributed by atoms with E-state index in [1.54, 1.807) is 0 Å². The number of carbonyl (C=O) groups is 1. The Morgan fingerprint density at radius 2 is 2.00 bits per heavy atom. The number of alkyl halides is 3. The molecule has 0 aliphatic carbocycles. The van der Waals surface area contributed by atoms with E-state index in [4.69, 9.17) is 0 Å². The largest absolute Gasteiger partial charge is 0.461 e. The molecule has 0 saturated heterocycles. The van der Waals surface area contributed by atoms with Crippen LogP contribution in [0.2, 0.25) is 0 Å².